The summed E-state index contributed by atoms with van der Waals surface area (Å²) in [6.45, 7) is 2.19. The summed E-state index contributed by atoms with van der Waals surface area (Å²) >= 11 is 3.30. The minimum atomic E-state index is -0.512. The zero-order valence-electron chi connectivity index (χ0n) is 8.94. The number of carbonyl (C=O) groups is 2. The number of carbonyl (C=O) groups excluding carboxylic acids is 2. The molecule has 0 spiro atoms. The molecule has 86 valence electrons. The molecular formula is C11H13BrN2O2. The molecule has 1 aromatic rings. The molecule has 0 atom stereocenters. The lowest BCUT2D eigenvalue weighted by Crippen LogP contribution is -2.38. The lowest BCUT2D eigenvalue weighted by molar-refractivity contribution is -0.118. The molecule has 1 aromatic carbocycles. The lowest BCUT2D eigenvalue weighted by Gasteiger charge is -2.19. The van der Waals surface area contributed by atoms with E-state index in [-0.39, 0.29) is 12.5 Å². The normalized spacial score (nSPS) is 9.88. The van der Waals surface area contributed by atoms with Crippen LogP contribution < -0.4 is 5.73 Å². The van der Waals surface area contributed by atoms with Gasteiger partial charge in [0.05, 0.1) is 12.1 Å². The number of halogens is 1. The van der Waals surface area contributed by atoms with Crippen LogP contribution in [-0.4, -0.2) is 29.8 Å². The topological polar surface area (TPSA) is 63.4 Å². The van der Waals surface area contributed by atoms with Crippen LogP contribution in [0.5, 0.6) is 0 Å². The van der Waals surface area contributed by atoms with Crippen molar-refractivity contribution in [3.63, 3.8) is 0 Å². The number of nitrogens with zero attached hydrogens (tertiary/aromatic N) is 1. The molecule has 0 aliphatic carbocycles. The van der Waals surface area contributed by atoms with E-state index in [9.17, 15) is 9.59 Å². The van der Waals surface area contributed by atoms with Crippen molar-refractivity contribution in [2.45, 2.75) is 6.92 Å². The first-order chi connectivity index (χ1) is 7.56. The third-order valence-corrected chi connectivity index (χ3v) is 2.81. The van der Waals surface area contributed by atoms with E-state index < -0.39 is 5.91 Å². The monoisotopic (exact) mass is 284 g/mol. The number of benzene rings is 1. The molecule has 0 aliphatic heterocycles. The molecule has 1 rings (SSSR count). The number of likely N-dealkylation sites (N-methyl/N-ethyl adjacent to an activating group) is 1. The van der Waals surface area contributed by atoms with Crippen molar-refractivity contribution in [2.24, 2.45) is 5.73 Å². The van der Waals surface area contributed by atoms with E-state index in [0.29, 0.717) is 16.6 Å². The van der Waals surface area contributed by atoms with Gasteiger partial charge < -0.3 is 10.6 Å². The minimum Gasteiger partial charge on any atom is -0.368 e. The number of rotatable bonds is 4. The SMILES string of the molecule is CCN(CC(N)=O)C(=O)c1ccccc1Br. The number of hydrogen-bond acceptors (Lipinski definition) is 2. The summed E-state index contributed by atoms with van der Waals surface area (Å²) in [6.07, 6.45) is 0. The van der Waals surface area contributed by atoms with Crippen molar-refractivity contribution in [2.75, 3.05) is 13.1 Å². The van der Waals surface area contributed by atoms with E-state index in [1.54, 1.807) is 25.1 Å². The molecule has 0 bridgehead atoms. The Morgan fingerprint density at radius 1 is 1.38 bits per heavy atom. The highest BCUT2D eigenvalue weighted by Gasteiger charge is 2.17. The van der Waals surface area contributed by atoms with Crippen molar-refractivity contribution in [1.29, 1.82) is 0 Å². The van der Waals surface area contributed by atoms with Gasteiger partial charge in [0.15, 0.2) is 0 Å². The molecule has 0 unspecified atom stereocenters. The Hall–Kier alpha value is -1.36. The highest BCUT2D eigenvalue weighted by atomic mass is 79.9. The molecule has 0 saturated carbocycles. The molecule has 5 heteroatoms. The van der Waals surface area contributed by atoms with E-state index in [4.69, 9.17) is 5.73 Å². The predicted octanol–water partition coefficient (Wildman–Crippen LogP) is 1.40. The van der Waals surface area contributed by atoms with Gasteiger partial charge in [-0.2, -0.15) is 0 Å². The van der Waals surface area contributed by atoms with Crippen LogP contribution in [-0.2, 0) is 4.79 Å². The van der Waals surface area contributed by atoms with Crippen molar-refractivity contribution in [1.82, 2.24) is 4.90 Å². The molecule has 2 N–H and O–H groups in total. The maximum Gasteiger partial charge on any atom is 0.255 e. The van der Waals surface area contributed by atoms with Crippen molar-refractivity contribution in [3.8, 4) is 0 Å². The van der Waals surface area contributed by atoms with Gasteiger partial charge >= 0.3 is 0 Å². The fourth-order valence-corrected chi connectivity index (χ4v) is 1.77. The minimum absolute atomic E-state index is 0.0589. The van der Waals surface area contributed by atoms with E-state index in [2.05, 4.69) is 15.9 Å². The van der Waals surface area contributed by atoms with Crippen LogP contribution >= 0.6 is 15.9 Å². The van der Waals surface area contributed by atoms with Gasteiger partial charge in [-0.1, -0.05) is 12.1 Å². The van der Waals surface area contributed by atoms with Gasteiger partial charge in [-0.3, -0.25) is 9.59 Å². The first kappa shape index (κ1) is 12.7. The second-order valence-corrected chi connectivity index (χ2v) is 4.12. The summed E-state index contributed by atoms with van der Waals surface area (Å²) < 4.78 is 0.711. The molecule has 16 heavy (non-hydrogen) atoms. The Bertz CT molecular complexity index is 407. The van der Waals surface area contributed by atoms with Crippen LogP contribution in [0.4, 0.5) is 0 Å². The van der Waals surface area contributed by atoms with Gasteiger partial charge in [-0.05, 0) is 35.0 Å². The molecule has 0 heterocycles. The third kappa shape index (κ3) is 3.06. The Kier molecular flexibility index (Phi) is 4.49. The Morgan fingerprint density at radius 3 is 2.50 bits per heavy atom. The molecule has 0 fully saturated rings. The highest BCUT2D eigenvalue weighted by molar-refractivity contribution is 9.10. The maximum absolute atomic E-state index is 12.0. The first-order valence-electron chi connectivity index (χ1n) is 4.88. The van der Waals surface area contributed by atoms with Crippen molar-refractivity contribution in [3.05, 3.63) is 34.3 Å². The van der Waals surface area contributed by atoms with Gasteiger partial charge in [0.25, 0.3) is 5.91 Å². The quantitative estimate of drug-likeness (QED) is 0.908. The van der Waals surface area contributed by atoms with E-state index in [0.717, 1.165) is 0 Å². The summed E-state index contributed by atoms with van der Waals surface area (Å²) in [4.78, 5) is 24.2. The van der Waals surface area contributed by atoms with Crippen LogP contribution in [0, 0.1) is 0 Å². The van der Waals surface area contributed by atoms with Crippen LogP contribution in [0.15, 0.2) is 28.7 Å². The maximum atomic E-state index is 12.0. The third-order valence-electron chi connectivity index (χ3n) is 2.12. The summed E-state index contributed by atoms with van der Waals surface area (Å²) in [5, 5.41) is 0. The average molecular weight is 285 g/mol. The van der Waals surface area contributed by atoms with Gasteiger partial charge in [0.2, 0.25) is 5.91 Å². The standard InChI is InChI=1S/C11H13BrN2O2/c1-2-14(7-10(13)15)11(16)8-5-3-4-6-9(8)12/h3-6H,2,7H2,1H3,(H2,13,15). The fraction of sp³-hybridized carbons (Fsp3) is 0.273. The largest absolute Gasteiger partial charge is 0.368 e. The van der Waals surface area contributed by atoms with E-state index >= 15 is 0 Å². The summed E-state index contributed by atoms with van der Waals surface area (Å²) in [5.74, 6) is -0.712. The summed E-state index contributed by atoms with van der Waals surface area (Å²) in [6, 6.07) is 7.09. The molecule has 0 saturated heterocycles. The van der Waals surface area contributed by atoms with E-state index in [1.165, 1.54) is 4.90 Å². The molecule has 0 aromatic heterocycles. The Morgan fingerprint density at radius 2 is 2.00 bits per heavy atom. The lowest BCUT2D eigenvalue weighted by atomic mass is 10.2. The molecule has 0 radical (unpaired) electrons. The fourth-order valence-electron chi connectivity index (χ4n) is 1.32. The summed E-state index contributed by atoms with van der Waals surface area (Å²) in [7, 11) is 0. The Balaban J connectivity index is 2.91. The Labute approximate surface area is 103 Å². The first-order valence-corrected chi connectivity index (χ1v) is 5.67. The second kappa shape index (κ2) is 5.65. The predicted molar refractivity (Wildman–Crippen MR) is 64.9 cm³/mol. The summed E-state index contributed by atoms with van der Waals surface area (Å²) in [5.41, 5.74) is 5.61. The second-order valence-electron chi connectivity index (χ2n) is 3.27. The van der Waals surface area contributed by atoms with Gasteiger partial charge in [0.1, 0.15) is 0 Å². The van der Waals surface area contributed by atoms with Crippen LogP contribution in [0.25, 0.3) is 0 Å². The average Bonchev–Trinajstić information content (AvgIpc) is 2.25. The van der Waals surface area contributed by atoms with Crippen LogP contribution in [0.3, 0.4) is 0 Å². The molecule has 2 amide bonds. The number of amides is 2. The highest BCUT2D eigenvalue weighted by Crippen LogP contribution is 2.17. The zero-order chi connectivity index (χ0) is 12.1. The molecule has 4 nitrogen and oxygen atoms in total. The van der Waals surface area contributed by atoms with Crippen LogP contribution in [0.2, 0.25) is 0 Å². The smallest absolute Gasteiger partial charge is 0.255 e. The van der Waals surface area contributed by atoms with Crippen molar-refractivity contribution >= 4 is 27.7 Å². The van der Waals surface area contributed by atoms with E-state index in [1.807, 2.05) is 6.07 Å². The number of primary amides is 1. The number of hydrogen-bond donors (Lipinski definition) is 1. The van der Waals surface area contributed by atoms with Crippen molar-refractivity contribution < 1.29 is 9.59 Å². The molecule has 0 aliphatic rings. The zero-order valence-corrected chi connectivity index (χ0v) is 10.5. The van der Waals surface area contributed by atoms with Crippen LogP contribution in [0.1, 0.15) is 17.3 Å². The van der Waals surface area contributed by atoms with Gasteiger partial charge in [-0.15, -0.1) is 0 Å². The van der Waals surface area contributed by atoms with Gasteiger partial charge in [-0.25, -0.2) is 0 Å². The number of nitrogens with two attached hydrogens (primary N) is 1. The molecular weight excluding hydrogens is 272 g/mol. The van der Waals surface area contributed by atoms with Gasteiger partial charge in [0, 0.05) is 11.0 Å².